The van der Waals surface area contributed by atoms with Gasteiger partial charge in [-0.2, -0.15) is 18.3 Å². The molecule has 2 fully saturated rings. The Bertz CT molecular complexity index is 822. The first-order chi connectivity index (χ1) is 13.9. The van der Waals surface area contributed by atoms with E-state index in [4.69, 9.17) is 9.47 Å². The largest absolute Gasteiger partial charge is 0.491 e. The maximum absolute atomic E-state index is 13.1. The van der Waals surface area contributed by atoms with E-state index in [9.17, 15) is 13.2 Å². The van der Waals surface area contributed by atoms with Gasteiger partial charge >= 0.3 is 6.18 Å². The number of ether oxygens (including phenoxy) is 2. The van der Waals surface area contributed by atoms with Gasteiger partial charge in [0.2, 0.25) is 0 Å². The number of pyridine rings is 1. The van der Waals surface area contributed by atoms with Crippen LogP contribution in [0.5, 0.6) is 5.75 Å². The van der Waals surface area contributed by atoms with E-state index in [2.05, 4.69) is 21.9 Å². The zero-order chi connectivity index (χ0) is 20.4. The van der Waals surface area contributed by atoms with Crippen LogP contribution in [-0.2, 0) is 17.5 Å². The van der Waals surface area contributed by atoms with Crippen LogP contribution in [0.1, 0.15) is 19.0 Å². The van der Waals surface area contributed by atoms with Gasteiger partial charge in [-0.15, -0.1) is 0 Å². The van der Waals surface area contributed by atoms with Gasteiger partial charge in [0, 0.05) is 49.9 Å². The van der Waals surface area contributed by atoms with Crippen molar-refractivity contribution in [2.75, 3.05) is 37.8 Å². The number of nitrogens with zero attached hydrogens (tertiary/aromatic N) is 4. The predicted molar refractivity (Wildman–Crippen MR) is 101 cm³/mol. The zero-order valence-corrected chi connectivity index (χ0v) is 16.3. The minimum absolute atomic E-state index is 0.116. The predicted octanol–water partition coefficient (Wildman–Crippen LogP) is 3.48. The SMILES string of the molecule is CC1CC(COc2cccnc2C(F)(F)F)CN(c2ccn(CC3COC3)n2)C1. The minimum atomic E-state index is -4.53. The highest BCUT2D eigenvalue weighted by molar-refractivity contribution is 5.38. The molecule has 2 aliphatic rings. The quantitative estimate of drug-likeness (QED) is 0.730. The molecule has 9 heteroatoms. The number of rotatable bonds is 6. The van der Waals surface area contributed by atoms with Crippen molar-refractivity contribution >= 4 is 5.82 Å². The molecule has 2 saturated heterocycles. The molecule has 2 aliphatic heterocycles. The van der Waals surface area contributed by atoms with Gasteiger partial charge in [-0.25, -0.2) is 4.98 Å². The van der Waals surface area contributed by atoms with E-state index < -0.39 is 11.9 Å². The molecule has 6 nitrogen and oxygen atoms in total. The Morgan fingerprint density at radius 1 is 1.21 bits per heavy atom. The van der Waals surface area contributed by atoms with Crippen molar-refractivity contribution < 1.29 is 22.6 Å². The van der Waals surface area contributed by atoms with Crippen LogP contribution >= 0.6 is 0 Å². The third-order valence-corrected chi connectivity index (χ3v) is 5.36. The Hall–Kier alpha value is -2.29. The zero-order valence-electron chi connectivity index (χ0n) is 16.3. The molecule has 2 atom stereocenters. The Morgan fingerprint density at radius 2 is 2.03 bits per heavy atom. The van der Waals surface area contributed by atoms with Gasteiger partial charge in [0.1, 0.15) is 5.75 Å². The Balaban J connectivity index is 1.38. The molecule has 0 N–H and O–H groups in total. The number of aromatic nitrogens is 3. The van der Waals surface area contributed by atoms with Gasteiger partial charge in [-0.1, -0.05) is 6.92 Å². The lowest BCUT2D eigenvalue weighted by atomic mass is 9.91. The van der Waals surface area contributed by atoms with Crippen LogP contribution in [0, 0.1) is 17.8 Å². The lowest BCUT2D eigenvalue weighted by molar-refractivity contribution is -0.142. The Kier molecular flexibility index (Phi) is 5.67. The van der Waals surface area contributed by atoms with E-state index in [1.165, 1.54) is 12.1 Å². The first kappa shape index (κ1) is 20.0. The second-order valence-electron chi connectivity index (χ2n) is 8.07. The van der Waals surface area contributed by atoms with Crippen molar-refractivity contribution in [3.05, 3.63) is 36.3 Å². The molecular formula is C20H25F3N4O2. The summed E-state index contributed by atoms with van der Waals surface area (Å²) in [5.41, 5.74) is -0.973. The molecule has 2 aromatic rings. The molecule has 2 aromatic heterocycles. The van der Waals surface area contributed by atoms with Crippen molar-refractivity contribution in [3.63, 3.8) is 0 Å². The van der Waals surface area contributed by atoms with E-state index in [1.54, 1.807) is 0 Å². The minimum Gasteiger partial charge on any atom is -0.491 e. The maximum Gasteiger partial charge on any atom is 0.437 e. The van der Waals surface area contributed by atoms with E-state index in [1.807, 2.05) is 16.9 Å². The number of anilines is 1. The summed E-state index contributed by atoms with van der Waals surface area (Å²) in [5, 5.41) is 4.68. The summed E-state index contributed by atoms with van der Waals surface area (Å²) in [7, 11) is 0. The summed E-state index contributed by atoms with van der Waals surface area (Å²) in [6.07, 6.45) is -0.519. The lowest BCUT2D eigenvalue weighted by Crippen LogP contribution is -2.42. The van der Waals surface area contributed by atoms with E-state index >= 15 is 0 Å². The molecule has 29 heavy (non-hydrogen) atoms. The smallest absolute Gasteiger partial charge is 0.437 e. The van der Waals surface area contributed by atoms with Crippen molar-refractivity contribution in [2.24, 2.45) is 17.8 Å². The van der Waals surface area contributed by atoms with Crippen LogP contribution in [0.3, 0.4) is 0 Å². The van der Waals surface area contributed by atoms with Crippen molar-refractivity contribution in [1.82, 2.24) is 14.8 Å². The normalized spacial score (nSPS) is 23.1. The fourth-order valence-corrected chi connectivity index (χ4v) is 3.99. The molecule has 0 bridgehead atoms. The fourth-order valence-electron chi connectivity index (χ4n) is 3.99. The molecule has 4 heterocycles. The first-order valence-corrected chi connectivity index (χ1v) is 9.89. The topological polar surface area (TPSA) is 52.4 Å². The molecule has 0 amide bonds. The summed E-state index contributed by atoms with van der Waals surface area (Å²) in [5.74, 6) is 1.73. The van der Waals surface area contributed by atoms with Gasteiger partial charge in [-0.3, -0.25) is 4.68 Å². The first-order valence-electron chi connectivity index (χ1n) is 9.89. The molecule has 4 rings (SSSR count). The lowest BCUT2D eigenvalue weighted by Gasteiger charge is -2.36. The van der Waals surface area contributed by atoms with Gasteiger partial charge in [0.05, 0.1) is 19.8 Å². The average Bonchev–Trinajstić information content (AvgIpc) is 3.11. The van der Waals surface area contributed by atoms with Gasteiger partial charge in [0.15, 0.2) is 11.5 Å². The van der Waals surface area contributed by atoms with Crippen LogP contribution in [0.4, 0.5) is 19.0 Å². The van der Waals surface area contributed by atoms with Crippen LogP contribution in [-0.4, -0.2) is 47.7 Å². The second-order valence-corrected chi connectivity index (χ2v) is 8.07. The highest BCUT2D eigenvalue weighted by Crippen LogP contribution is 2.35. The van der Waals surface area contributed by atoms with Crippen molar-refractivity contribution in [1.29, 1.82) is 0 Å². The average molecular weight is 410 g/mol. The Labute approximate surface area is 167 Å². The van der Waals surface area contributed by atoms with Gasteiger partial charge in [0.25, 0.3) is 0 Å². The summed E-state index contributed by atoms with van der Waals surface area (Å²) < 4.78 is 52.1. The van der Waals surface area contributed by atoms with Crippen molar-refractivity contribution in [3.8, 4) is 5.75 Å². The van der Waals surface area contributed by atoms with Gasteiger partial charge in [-0.05, 0) is 24.5 Å². The van der Waals surface area contributed by atoms with E-state index in [-0.39, 0.29) is 18.3 Å². The maximum atomic E-state index is 13.1. The number of piperidine rings is 1. The third-order valence-electron chi connectivity index (χ3n) is 5.36. The van der Waals surface area contributed by atoms with Gasteiger partial charge < -0.3 is 14.4 Å². The van der Waals surface area contributed by atoms with Crippen LogP contribution in [0.15, 0.2) is 30.6 Å². The fraction of sp³-hybridized carbons (Fsp3) is 0.600. The van der Waals surface area contributed by atoms with Crippen LogP contribution < -0.4 is 9.64 Å². The third kappa shape index (κ3) is 4.83. The summed E-state index contributed by atoms with van der Waals surface area (Å²) in [6.45, 7) is 6.35. The molecule has 0 saturated carbocycles. The number of hydrogen-bond acceptors (Lipinski definition) is 5. The van der Waals surface area contributed by atoms with Crippen LogP contribution in [0.25, 0.3) is 0 Å². The molecule has 0 aromatic carbocycles. The summed E-state index contributed by atoms with van der Waals surface area (Å²) in [6, 6.07) is 4.78. The van der Waals surface area contributed by atoms with E-state index in [0.717, 1.165) is 44.7 Å². The Morgan fingerprint density at radius 3 is 2.76 bits per heavy atom. The molecular weight excluding hydrogens is 385 g/mol. The number of halogens is 3. The molecule has 0 aliphatic carbocycles. The monoisotopic (exact) mass is 410 g/mol. The number of alkyl halides is 3. The standard InChI is InChI=1S/C20H25F3N4O2/c1-14-7-15(13-29-17-3-2-5-24-19(17)20(21,22)23)9-26(8-14)18-4-6-27(25-18)10-16-11-28-12-16/h2-6,14-16H,7-13H2,1H3. The van der Waals surface area contributed by atoms with E-state index in [0.29, 0.717) is 18.4 Å². The molecule has 0 spiro atoms. The van der Waals surface area contributed by atoms with Crippen molar-refractivity contribution in [2.45, 2.75) is 26.1 Å². The highest BCUT2D eigenvalue weighted by atomic mass is 19.4. The molecule has 2 unspecified atom stereocenters. The summed E-state index contributed by atoms with van der Waals surface area (Å²) in [4.78, 5) is 5.65. The highest BCUT2D eigenvalue weighted by Gasteiger charge is 2.36. The summed E-state index contributed by atoms with van der Waals surface area (Å²) >= 11 is 0. The second kappa shape index (κ2) is 8.22. The van der Waals surface area contributed by atoms with Crippen LogP contribution in [0.2, 0.25) is 0 Å². The molecule has 158 valence electrons. The number of hydrogen-bond donors (Lipinski definition) is 0. The molecule has 0 radical (unpaired) electrons.